The van der Waals surface area contributed by atoms with Crippen molar-refractivity contribution in [1.29, 1.82) is 0 Å². The van der Waals surface area contributed by atoms with Crippen LogP contribution in [0, 0.1) is 6.07 Å². The number of aliphatic hydroxyl groups is 1. The molecular formula is C17H17N4O3. The molecule has 0 fully saturated rings. The minimum Gasteiger partial charge on any atom is -0.395 e. The summed E-state index contributed by atoms with van der Waals surface area (Å²) in [6.45, 7) is 1.26. The number of primary amides is 1. The van der Waals surface area contributed by atoms with Gasteiger partial charge in [-0.3, -0.25) is 4.79 Å². The Labute approximate surface area is 137 Å². The fourth-order valence-corrected chi connectivity index (χ4v) is 2.55. The van der Waals surface area contributed by atoms with E-state index in [1.807, 2.05) is 24.3 Å². The van der Waals surface area contributed by atoms with E-state index in [2.05, 4.69) is 16.4 Å². The van der Waals surface area contributed by atoms with Crippen LogP contribution in [0.4, 0.5) is 4.79 Å². The minimum absolute atomic E-state index is 0.0905. The Morgan fingerprint density at radius 1 is 1.38 bits per heavy atom. The van der Waals surface area contributed by atoms with Gasteiger partial charge < -0.3 is 21.1 Å². The largest absolute Gasteiger partial charge is 0.395 e. The molecule has 0 bridgehead atoms. The van der Waals surface area contributed by atoms with Gasteiger partial charge in [0.25, 0.3) is 5.56 Å². The molecule has 1 radical (unpaired) electrons. The summed E-state index contributed by atoms with van der Waals surface area (Å²) in [7, 11) is 0. The second-order valence-electron chi connectivity index (χ2n) is 5.37. The highest BCUT2D eigenvalue weighted by Crippen LogP contribution is 2.23. The van der Waals surface area contributed by atoms with Crippen molar-refractivity contribution in [3.05, 3.63) is 58.5 Å². The van der Waals surface area contributed by atoms with E-state index in [1.165, 1.54) is 12.3 Å². The van der Waals surface area contributed by atoms with Crippen molar-refractivity contribution in [1.82, 2.24) is 14.9 Å². The first-order valence-corrected chi connectivity index (χ1v) is 7.46. The Morgan fingerprint density at radius 3 is 2.96 bits per heavy atom. The molecule has 0 aliphatic carbocycles. The average molecular weight is 325 g/mol. The van der Waals surface area contributed by atoms with E-state index in [1.54, 1.807) is 0 Å². The summed E-state index contributed by atoms with van der Waals surface area (Å²) in [6.07, 6.45) is 1.22. The van der Waals surface area contributed by atoms with Crippen molar-refractivity contribution >= 4 is 16.9 Å². The number of amides is 1. The van der Waals surface area contributed by atoms with Gasteiger partial charge in [-0.1, -0.05) is 6.07 Å². The highest BCUT2D eigenvalue weighted by atomic mass is 16.3. The van der Waals surface area contributed by atoms with Gasteiger partial charge in [0.15, 0.2) is 0 Å². The summed E-state index contributed by atoms with van der Waals surface area (Å²) in [6, 6.07) is 11.2. The van der Waals surface area contributed by atoms with Crippen LogP contribution in [0.1, 0.15) is 5.56 Å². The Balaban J connectivity index is 1.98. The third-order valence-electron chi connectivity index (χ3n) is 3.71. The number of pyridine rings is 1. The molecule has 0 saturated heterocycles. The topological polar surface area (TPSA) is 113 Å². The molecule has 0 aliphatic rings. The molecule has 0 unspecified atom stereocenters. The number of fused-ring (bicyclic) bond motifs is 1. The fraction of sp³-hybridized carbons (Fsp3) is 0.176. The summed E-state index contributed by atoms with van der Waals surface area (Å²) in [4.78, 5) is 26.8. The molecule has 0 saturated carbocycles. The average Bonchev–Trinajstić information content (AvgIpc) is 2.98. The van der Waals surface area contributed by atoms with Crippen LogP contribution in [0.2, 0.25) is 0 Å². The molecule has 0 spiro atoms. The Kier molecular flexibility index (Phi) is 4.45. The van der Waals surface area contributed by atoms with Crippen LogP contribution in [0.5, 0.6) is 0 Å². The van der Waals surface area contributed by atoms with Gasteiger partial charge in [-0.25, -0.2) is 9.36 Å². The summed E-state index contributed by atoms with van der Waals surface area (Å²) in [5, 5.41) is 12.9. The summed E-state index contributed by atoms with van der Waals surface area (Å²) in [5.41, 5.74) is 7.57. The standard InChI is InChI=1S/C17H17N4O3/c18-17(24)21-6-1-2-13(16(21)23)15-9-12-8-11(10-19-5-7-22)3-4-14(12)20-15/h2-4,6,8-9,19-20,22H,5,7,10H2,(H2,18,24). The quantitative estimate of drug-likeness (QED) is 0.520. The lowest BCUT2D eigenvalue weighted by Gasteiger charge is -2.02. The van der Waals surface area contributed by atoms with Crippen molar-refractivity contribution in [2.75, 3.05) is 13.2 Å². The van der Waals surface area contributed by atoms with E-state index < -0.39 is 11.6 Å². The number of rotatable bonds is 5. The van der Waals surface area contributed by atoms with E-state index in [-0.39, 0.29) is 6.61 Å². The Morgan fingerprint density at radius 2 is 2.21 bits per heavy atom. The fourth-order valence-electron chi connectivity index (χ4n) is 2.55. The number of carbonyl (C=O) groups excluding carboxylic acids is 1. The molecule has 3 aromatic rings. The van der Waals surface area contributed by atoms with Crippen LogP contribution in [-0.4, -0.2) is 33.8 Å². The number of H-pyrrole nitrogens is 1. The predicted molar refractivity (Wildman–Crippen MR) is 90.6 cm³/mol. The Bertz CT molecular complexity index is 942. The molecular weight excluding hydrogens is 308 g/mol. The highest BCUT2D eigenvalue weighted by Gasteiger charge is 2.11. The minimum atomic E-state index is -0.841. The zero-order valence-electron chi connectivity index (χ0n) is 12.9. The first-order chi connectivity index (χ1) is 11.6. The van der Waals surface area contributed by atoms with E-state index >= 15 is 0 Å². The van der Waals surface area contributed by atoms with Gasteiger partial charge in [0.05, 0.1) is 17.9 Å². The lowest BCUT2D eigenvalue weighted by molar-refractivity contribution is 0.249. The molecule has 3 rings (SSSR count). The number of aromatic amines is 1. The molecule has 7 heteroatoms. The number of carbonyl (C=O) groups is 1. The predicted octanol–water partition coefficient (Wildman–Crippen LogP) is 0.805. The SMILES string of the molecule is NC(=O)n1c[c]cc(-c2cc3cc(CNCCO)ccc3[nH]2)c1=O. The van der Waals surface area contributed by atoms with E-state index in [9.17, 15) is 9.59 Å². The van der Waals surface area contributed by atoms with Crippen molar-refractivity contribution < 1.29 is 9.90 Å². The van der Waals surface area contributed by atoms with Crippen LogP contribution < -0.4 is 16.6 Å². The van der Waals surface area contributed by atoms with Gasteiger partial charge in [-0.15, -0.1) is 0 Å². The summed E-state index contributed by atoms with van der Waals surface area (Å²) < 4.78 is 0.824. The van der Waals surface area contributed by atoms with Gasteiger partial charge in [-0.05, 0) is 29.8 Å². The van der Waals surface area contributed by atoms with Gasteiger partial charge in [0.1, 0.15) is 0 Å². The van der Waals surface area contributed by atoms with Gasteiger partial charge in [-0.2, -0.15) is 0 Å². The van der Waals surface area contributed by atoms with Crippen LogP contribution in [0.25, 0.3) is 22.2 Å². The zero-order valence-corrected chi connectivity index (χ0v) is 12.9. The monoisotopic (exact) mass is 325 g/mol. The van der Waals surface area contributed by atoms with Crippen molar-refractivity contribution in [3.63, 3.8) is 0 Å². The molecule has 123 valence electrons. The third kappa shape index (κ3) is 3.08. The van der Waals surface area contributed by atoms with E-state index in [0.717, 1.165) is 21.0 Å². The van der Waals surface area contributed by atoms with Gasteiger partial charge >= 0.3 is 6.03 Å². The number of benzene rings is 1. The number of aromatic nitrogens is 2. The number of aliphatic hydroxyl groups excluding tert-OH is 1. The van der Waals surface area contributed by atoms with Crippen molar-refractivity contribution in [2.24, 2.45) is 5.73 Å². The van der Waals surface area contributed by atoms with Crippen molar-refractivity contribution in [3.8, 4) is 11.3 Å². The lowest BCUT2D eigenvalue weighted by atomic mass is 10.1. The smallest absolute Gasteiger partial charge is 0.325 e. The molecule has 2 aromatic heterocycles. The number of nitrogens with two attached hydrogens (primary N) is 1. The molecule has 2 heterocycles. The van der Waals surface area contributed by atoms with E-state index in [4.69, 9.17) is 10.8 Å². The summed E-state index contributed by atoms with van der Waals surface area (Å²) in [5.74, 6) is 0. The van der Waals surface area contributed by atoms with Crippen LogP contribution >= 0.6 is 0 Å². The molecule has 5 N–H and O–H groups in total. The molecule has 1 aromatic carbocycles. The number of hydrogen-bond acceptors (Lipinski definition) is 4. The molecule has 0 aliphatic heterocycles. The maximum Gasteiger partial charge on any atom is 0.325 e. The molecule has 24 heavy (non-hydrogen) atoms. The number of nitrogens with one attached hydrogen (secondary N) is 2. The van der Waals surface area contributed by atoms with Crippen LogP contribution in [0.15, 0.2) is 41.3 Å². The van der Waals surface area contributed by atoms with Crippen LogP contribution in [-0.2, 0) is 6.54 Å². The highest BCUT2D eigenvalue weighted by molar-refractivity contribution is 5.86. The summed E-state index contributed by atoms with van der Waals surface area (Å²) >= 11 is 0. The lowest BCUT2D eigenvalue weighted by Crippen LogP contribution is -2.31. The van der Waals surface area contributed by atoms with Gasteiger partial charge in [0.2, 0.25) is 0 Å². The first-order valence-electron chi connectivity index (χ1n) is 7.46. The number of nitrogens with zero attached hydrogens (tertiary/aromatic N) is 1. The van der Waals surface area contributed by atoms with Crippen LogP contribution in [0.3, 0.4) is 0 Å². The number of hydrogen-bond donors (Lipinski definition) is 4. The first kappa shape index (κ1) is 16.0. The maximum atomic E-state index is 12.3. The third-order valence-corrected chi connectivity index (χ3v) is 3.71. The van der Waals surface area contributed by atoms with E-state index in [0.29, 0.717) is 24.3 Å². The zero-order chi connectivity index (χ0) is 17.1. The normalized spacial score (nSPS) is 11.0. The maximum absolute atomic E-state index is 12.3. The van der Waals surface area contributed by atoms with Gasteiger partial charge in [0, 0.05) is 36.3 Å². The molecule has 0 atom stereocenters. The molecule has 1 amide bonds. The Hall–Kier alpha value is -2.90. The second kappa shape index (κ2) is 6.69. The van der Waals surface area contributed by atoms with Crippen molar-refractivity contribution in [2.45, 2.75) is 6.54 Å². The second-order valence-corrected chi connectivity index (χ2v) is 5.37. The molecule has 7 nitrogen and oxygen atoms in total.